The molecule has 2 aromatic carbocycles. The average Bonchev–Trinajstić information content (AvgIpc) is 2.67. The zero-order valence-electron chi connectivity index (χ0n) is 15.8. The van der Waals surface area contributed by atoms with Crippen LogP contribution in [0, 0.1) is 13.8 Å². The molecule has 28 heavy (non-hydrogen) atoms. The van der Waals surface area contributed by atoms with Gasteiger partial charge < -0.3 is 15.4 Å². The van der Waals surface area contributed by atoms with Gasteiger partial charge in [0.25, 0.3) is 5.91 Å². The Kier molecular flexibility index (Phi) is 5.64. The number of hydrogen-bond donors (Lipinski definition) is 2. The zero-order valence-corrected chi connectivity index (χ0v) is 15.8. The third-order valence-corrected chi connectivity index (χ3v) is 3.90. The first-order chi connectivity index (χ1) is 13.4. The Balaban J connectivity index is 1.81. The van der Waals surface area contributed by atoms with E-state index in [1.807, 2.05) is 31.2 Å². The van der Waals surface area contributed by atoms with Crippen molar-refractivity contribution in [3.8, 4) is 0 Å². The predicted molar refractivity (Wildman–Crippen MR) is 107 cm³/mol. The number of rotatable bonds is 5. The summed E-state index contributed by atoms with van der Waals surface area (Å²) in [6.07, 6.45) is 0. The van der Waals surface area contributed by atoms with Gasteiger partial charge in [0.15, 0.2) is 0 Å². The number of benzene rings is 2. The van der Waals surface area contributed by atoms with Crippen LogP contribution in [-0.4, -0.2) is 29.0 Å². The fourth-order valence-electron chi connectivity index (χ4n) is 2.66. The first-order valence-electron chi connectivity index (χ1n) is 8.64. The first-order valence-corrected chi connectivity index (χ1v) is 8.64. The molecule has 1 aromatic heterocycles. The fourth-order valence-corrected chi connectivity index (χ4v) is 2.66. The largest absolute Gasteiger partial charge is 0.465 e. The van der Waals surface area contributed by atoms with Crippen LogP contribution >= 0.6 is 0 Å². The third-order valence-electron chi connectivity index (χ3n) is 3.90. The maximum absolute atomic E-state index is 12.6. The highest BCUT2D eigenvalue weighted by Gasteiger charge is 2.12. The zero-order chi connectivity index (χ0) is 20.1. The minimum atomic E-state index is -0.430. The predicted octanol–water partition coefficient (Wildman–Crippen LogP) is 3.88. The van der Waals surface area contributed by atoms with Crippen molar-refractivity contribution in [1.29, 1.82) is 0 Å². The van der Waals surface area contributed by atoms with Crippen LogP contribution in [0.25, 0.3) is 0 Å². The third kappa shape index (κ3) is 4.70. The van der Waals surface area contributed by atoms with E-state index in [9.17, 15) is 9.59 Å². The van der Waals surface area contributed by atoms with Gasteiger partial charge in [-0.25, -0.2) is 14.8 Å². The quantitative estimate of drug-likeness (QED) is 0.657. The Morgan fingerprint density at radius 1 is 0.929 bits per heavy atom. The highest BCUT2D eigenvalue weighted by molar-refractivity contribution is 6.03. The van der Waals surface area contributed by atoms with Crippen LogP contribution in [0.3, 0.4) is 0 Å². The standard InChI is InChI=1S/C21H20N4O3/c1-13-6-4-8-16(10-13)25-20(26)18-12-19(23-14(2)22-18)24-17-9-5-7-15(11-17)21(27)28-3/h4-12H,1-3H3,(H,25,26)(H,22,23,24). The molecule has 0 fully saturated rings. The molecule has 142 valence electrons. The van der Waals surface area contributed by atoms with Crippen molar-refractivity contribution in [3.63, 3.8) is 0 Å². The van der Waals surface area contributed by atoms with Crippen LogP contribution in [0.1, 0.15) is 32.2 Å². The summed E-state index contributed by atoms with van der Waals surface area (Å²) in [4.78, 5) is 32.8. The van der Waals surface area contributed by atoms with Gasteiger partial charge in [-0.3, -0.25) is 4.79 Å². The van der Waals surface area contributed by atoms with Crippen molar-refractivity contribution in [1.82, 2.24) is 9.97 Å². The molecule has 0 atom stereocenters. The molecule has 1 heterocycles. The van der Waals surface area contributed by atoms with E-state index in [2.05, 4.69) is 20.6 Å². The van der Waals surface area contributed by atoms with Gasteiger partial charge in [-0.15, -0.1) is 0 Å². The molecular weight excluding hydrogens is 356 g/mol. The maximum Gasteiger partial charge on any atom is 0.337 e. The molecule has 0 saturated heterocycles. The summed E-state index contributed by atoms with van der Waals surface area (Å²) in [5, 5.41) is 5.92. The van der Waals surface area contributed by atoms with Crippen LogP contribution in [0.15, 0.2) is 54.6 Å². The second kappa shape index (κ2) is 8.30. The number of aryl methyl sites for hydroxylation is 2. The van der Waals surface area contributed by atoms with Gasteiger partial charge in [0.05, 0.1) is 12.7 Å². The van der Waals surface area contributed by atoms with Crippen LogP contribution in [0.4, 0.5) is 17.2 Å². The lowest BCUT2D eigenvalue weighted by Crippen LogP contribution is -2.15. The van der Waals surface area contributed by atoms with E-state index < -0.39 is 5.97 Å². The number of ether oxygens (including phenoxy) is 1. The molecule has 7 heteroatoms. The van der Waals surface area contributed by atoms with Crippen molar-refractivity contribution in [2.45, 2.75) is 13.8 Å². The number of carbonyl (C=O) groups excluding carboxylic acids is 2. The van der Waals surface area contributed by atoms with Gasteiger partial charge in [0.1, 0.15) is 17.3 Å². The summed E-state index contributed by atoms with van der Waals surface area (Å²) in [5.74, 6) is 0.135. The number of anilines is 3. The number of nitrogens with one attached hydrogen (secondary N) is 2. The van der Waals surface area contributed by atoms with Gasteiger partial charge in [0.2, 0.25) is 0 Å². The second-order valence-electron chi connectivity index (χ2n) is 6.21. The lowest BCUT2D eigenvalue weighted by atomic mass is 10.2. The molecule has 0 radical (unpaired) electrons. The number of hydrogen-bond acceptors (Lipinski definition) is 6. The fraction of sp³-hybridized carbons (Fsp3) is 0.143. The minimum absolute atomic E-state index is 0.237. The van der Waals surface area contributed by atoms with Crippen molar-refractivity contribution in [2.75, 3.05) is 17.7 Å². The van der Waals surface area contributed by atoms with Gasteiger partial charge in [-0.2, -0.15) is 0 Å². The Morgan fingerprint density at radius 2 is 1.68 bits per heavy atom. The Morgan fingerprint density at radius 3 is 2.43 bits per heavy atom. The summed E-state index contributed by atoms with van der Waals surface area (Å²) < 4.78 is 4.73. The van der Waals surface area contributed by atoms with E-state index in [-0.39, 0.29) is 11.6 Å². The highest BCUT2D eigenvalue weighted by Crippen LogP contribution is 2.18. The van der Waals surface area contributed by atoms with Gasteiger partial charge >= 0.3 is 5.97 Å². The van der Waals surface area contributed by atoms with E-state index in [4.69, 9.17) is 4.74 Å². The molecule has 3 rings (SSSR count). The molecule has 0 unspecified atom stereocenters. The molecule has 2 N–H and O–H groups in total. The molecule has 0 aliphatic heterocycles. The normalized spacial score (nSPS) is 10.2. The first kappa shape index (κ1) is 19.0. The lowest BCUT2D eigenvalue weighted by Gasteiger charge is -2.10. The summed E-state index contributed by atoms with van der Waals surface area (Å²) in [7, 11) is 1.33. The molecule has 0 aliphatic rings. The van der Waals surface area contributed by atoms with E-state index in [0.29, 0.717) is 28.6 Å². The number of carbonyl (C=O) groups is 2. The van der Waals surface area contributed by atoms with Crippen LogP contribution in [-0.2, 0) is 4.74 Å². The summed E-state index contributed by atoms with van der Waals surface area (Å²) in [5.41, 5.74) is 3.04. The van der Waals surface area contributed by atoms with Crippen LogP contribution < -0.4 is 10.6 Å². The summed E-state index contributed by atoms with van der Waals surface area (Å²) >= 11 is 0. The molecule has 7 nitrogen and oxygen atoms in total. The van der Waals surface area contributed by atoms with E-state index >= 15 is 0 Å². The molecule has 0 saturated carbocycles. The summed E-state index contributed by atoms with van der Waals surface area (Å²) in [6, 6.07) is 15.9. The summed E-state index contributed by atoms with van der Waals surface area (Å²) in [6.45, 7) is 3.66. The highest BCUT2D eigenvalue weighted by atomic mass is 16.5. The van der Waals surface area contributed by atoms with E-state index in [1.165, 1.54) is 7.11 Å². The Bertz CT molecular complexity index is 1030. The van der Waals surface area contributed by atoms with Crippen molar-refractivity contribution >= 4 is 29.1 Å². The number of methoxy groups -OCH3 is 1. The Labute approximate surface area is 162 Å². The molecule has 0 bridgehead atoms. The van der Waals surface area contributed by atoms with Gasteiger partial charge in [-0.1, -0.05) is 18.2 Å². The molecular formula is C21H20N4O3. The molecule has 0 spiro atoms. The molecule has 3 aromatic rings. The SMILES string of the molecule is COC(=O)c1cccc(Nc2cc(C(=O)Nc3cccc(C)c3)nc(C)n2)c1. The lowest BCUT2D eigenvalue weighted by molar-refractivity contribution is 0.0600. The van der Waals surface area contributed by atoms with Crippen molar-refractivity contribution in [3.05, 3.63) is 77.2 Å². The molecule has 1 amide bonds. The number of amides is 1. The van der Waals surface area contributed by atoms with Crippen LogP contribution in [0.5, 0.6) is 0 Å². The van der Waals surface area contributed by atoms with Gasteiger partial charge in [0, 0.05) is 17.4 Å². The molecule has 0 aliphatic carbocycles. The smallest absolute Gasteiger partial charge is 0.337 e. The van der Waals surface area contributed by atoms with E-state index in [1.54, 1.807) is 37.3 Å². The number of nitrogens with zero attached hydrogens (tertiary/aromatic N) is 2. The van der Waals surface area contributed by atoms with Gasteiger partial charge in [-0.05, 0) is 49.7 Å². The van der Waals surface area contributed by atoms with Crippen molar-refractivity contribution < 1.29 is 14.3 Å². The van der Waals surface area contributed by atoms with Crippen LogP contribution in [0.2, 0.25) is 0 Å². The topological polar surface area (TPSA) is 93.2 Å². The maximum atomic E-state index is 12.6. The van der Waals surface area contributed by atoms with E-state index in [0.717, 1.165) is 5.56 Å². The minimum Gasteiger partial charge on any atom is -0.465 e. The van der Waals surface area contributed by atoms with Crippen molar-refractivity contribution in [2.24, 2.45) is 0 Å². The monoisotopic (exact) mass is 376 g/mol. The average molecular weight is 376 g/mol. The second-order valence-corrected chi connectivity index (χ2v) is 6.21. The number of aromatic nitrogens is 2. The Hall–Kier alpha value is -3.74. The number of esters is 1.